The summed E-state index contributed by atoms with van der Waals surface area (Å²) in [6.07, 6.45) is 6.07. The minimum absolute atomic E-state index is 0.0501. The third kappa shape index (κ3) is 5.31. The summed E-state index contributed by atoms with van der Waals surface area (Å²) in [7, 11) is 2.19. The number of halogens is 1. The molecule has 0 fully saturated rings. The summed E-state index contributed by atoms with van der Waals surface area (Å²) in [4.78, 5) is 11.9. The van der Waals surface area contributed by atoms with Crippen molar-refractivity contribution < 1.29 is 4.39 Å². The van der Waals surface area contributed by atoms with Gasteiger partial charge in [0.25, 0.3) is 0 Å². The molecule has 184 valence electrons. The van der Waals surface area contributed by atoms with Crippen molar-refractivity contribution in [1.82, 2.24) is 14.9 Å². The SMILES string of the molecule is CCCCN(C)CCc1ccc(Nc2ncc3c(n2)-c2ccccc2C(c2ccccc2F)C3)cc1. The zero-order valence-corrected chi connectivity index (χ0v) is 21.0. The van der Waals surface area contributed by atoms with Crippen LogP contribution in [0.5, 0.6) is 0 Å². The first-order chi connectivity index (χ1) is 17.6. The van der Waals surface area contributed by atoms with Crippen molar-refractivity contribution in [2.75, 3.05) is 25.5 Å². The molecule has 1 unspecified atom stereocenters. The highest BCUT2D eigenvalue weighted by Crippen LogP contribution is 2.42. The lowest BCUT2D eigenvalue weighted by atomic mass is 9.78. The standard InChI is InChI=1S/C31H33FN4/c1-3-4-18-36(2)19-17-22-13-15-24(16-14-22)34-31-33-21-23-20-28(26-10-7-8-12-29(26)32)25-9-5-6-11-27(25)30(23)35-31/h5-16,21,28H,3-4,17-20H2,1-2H3,(H,33,34,35). The van der Waals surface area contributed by atoms with Gasteiger partial charge in [-0.1, -0.05) is 67.9 Å². The van der Waals surface area contributed by atoms with Gasteiger partial charge in [-0.3, -0.25) is 0 Å². The number of rotatable bonds is 9. The summed E-state index contributed by atoms with van der Waals surface area (Å²) in [6.45, 7) is 4.44. The van der Waals surface area contributed by atoms with Crippen LogP contribution in [0.4, 0.5) is 16.0 Å². The summed E-state index contributed by atoms with van der Waals surface area (Å²) in [6, 6.07) is 23.8. The molecular formula is C31H33FN4. The van der Waals surface area contributed by atoms with Crippen molar-refractivity contribution in [1.29, 1.82) is 0 Å². The van der Waals surface area contributed by atoms with Crippen LogP contribution < -0.4 is 5.32 Å². The highest BCUT2D eigenvalue weighted by atomic mass is 19.1. The van der Waals surface area contributed by atoms with E-state index in [1.807, 2.05) is 30.5 Å². The normalized spacial score (nSPS) is 14.4. The predicted molar refractivity (Wildman–Crippen MR) is 145 cm³/mol. The van der Waals surface area contributed by atoms with E-state index < -0.39 is 0 Å². The zero-order valence-electron chi connectivity index (χ0n) is 21.0. The van der Waals surface area contributed by atoms with Gasteiger partial charge in [0.05, 0.1) is 5.69 Å². The number of hydrogen-bond acceptors (Lipinski definition) is 4. The summed E-state index contributed by atoms with van der Waals surface area (Å²) >= 11 is 0. The van der Waals surface area contributed by atoms with Crippen molar-refractivity contribution in [3.63, 3.8) is 0 Å². The quantitative estimate of drug-likeness (QED) is 0.280. The summed E-state index contributed by atoms with van der Waals surface area (Å²) in [5.74, 6) is 0.349. The van der Waals surface area contributed by atoms with E-state index in [-0.39, 0.29) is 11.7 Å². The molecule has 0 saturated heterocycles. The number of anilines is 2. The Kier molecular flexibility index (Phi) is 7.38. The molecule has 1 atom stereocenters. The smallest absolute Gasteiger partial charge is 0.227 e. The van der Waals surface area contributed by atoms with Gasteiger partial charge in [-0.05, 0) is 73.3 Å². The summed E-state index contributed by atoms with van der Waals surface area (Å²) in [5, 5.41) is 3.36. The van der Waals surface area contributed by atoms with Gasteiger partial charge in [0.15, 0.2) is 0 Å². The largest absolute Gasteiger partial charge is 0.324 e. The van der Waals surface area contributed by atoms with E-state index in [0.717, 1.165) is 53.1 Å². The maximum Gasteiger partial charge on any atom is 0.227 e. The summed E-state index contributed by atoms with van der Waals surface area (Å²) < 4.78 is 14.7. The van der Waals surface area contributed by atoms with E-state index in [9.17, 15) is 4.39 Å². The van der Waals surface area contributed by atoms with E-state index >= 15 is 0 Å². The van der Waals surface area contributed by atoms with Gasteiger partial charge in [0, 0.05) is 29.9 Å². The van der Waals surface area contributed by atoms with Crippen molar-refractivity contribution in [3.8, 4) is 11.3 Å². The number of nitrogens with zero attached hydrogens (tertiary/aromatic N) is 3. The van der Waals surface area contributed by atoms with Crippen LogP contribution in [-0.2, 0) is 12.8 Å². The maximum absolute atomic E-state index is 14.7. The average molecular weight is 481 g/mol. The zero-order chi connectivity index (χ0) is 24.9. The fourth-order valence-electron chi connectivity index (χ4n) is 4.97. The Morgan fingerprint density at radius 1 is 0.944 bits per heavy atom. The Morgan fingerprint density at radius 3 is 2.47 bits per heavy atom. The summed E-state index contributed by atoms with van der Waals surface area (Å²) in [5.41, 5.74) is 7.11. The highest BCUT2D eigenvalue weighted by Gasteiger charge is 2.28. The van der Waals surface area contributed by atoms with Crippen molar-refractivity contribution in [3.05, 3.63) is 107 Å². The maximum atomic E-state index is 14.7. The van der Waals surface area contributed by atoms with E-state index in [0.29, 0.717) is 12.4 Å². The molecule has 3 aromatic carbocycles. The molecule has 36 heavy (non-hydrogen) atoms. The molecule has 1 aliphatic rings. The van der Waals surface area contributed by atoms with Gasteiger partial charge in [0.2, 0.25) is 5.95 Å². The first-order valence-corrected chi connectivity index (χ1v) is 12.9. The molecule has 5 rings (SSSR count). The van der Waals surface area contributed by atoms with Crippen molar-refractivity contribution >= 4 is 11.6 Å². The van der Waals surface area contributed by atoms with Gasteiger partial charge in [0.1, 0.15) is 5.82 Å². The van der Waals surface area contributed by atoms with Crippen LogP contribution in [0.3, 0.4) is 0 Å². The number of fused-ring (bicyclic) bond motifs is 3. The lowest BCUT2D eigenvalue weighted by Crippen LogP contribution is -2.22. The fourth-order valence-corrected chi connectivity index (χ4v) is 4.97. The molecular weight excluding hydrogens is 447 g/mol. The molecule has 4 aromatic rings. The van der Waals surface area contributed by atoms with Crippen LogP contribution >= 0.6 is 0 Å². The van der Waals surface area contributed by atoms with Gasteiger partial charge >= 0.3 is 0 Å². The van der Waals surface area contributed by atoms with Gasteiger partial charge in [-0.15, -0.1) is 0 Å². The first-order valence-electron chi connectivity index (χ1n) is 12.9. The Hall–Kier alpha value is -3.57. The third-order valence-corrected chi connectivity index (χ3v) is 7.05. The van der Waals surface area contributed by atoms with Crippen molar-refractivity contribution in [2.45, 2.75) is 38.5 Å². The minimum atomic E-state index is -0.170. The second-order valence-electron chi connectivity index (χ2n) is 9.66. The lowest BCUT2D eigenvalue weighted by Gasteiger charge is -2.27. The number of benzene rings is 3. The second-order valence-corrected chi connectivity index (χ2v) is 9.66. The molecule has 0 spiro atoms. The van der Waals surface area contributed by atoms with Crippen LogP contribution in [0.25, 0.3) is 11.3 Å². The number of unbranched alkanes of at least 4 members (excludes halogenated alkanes) is 1. The lowest BCUT2D eigenvalue weighted by molar-refractivity contribution is 0.332. The average Bonchev–Trinajstić information content (AvgIpc) is 2.91. The molecule has 1 N–H and O–H groups in total. The molecule has 0 radical (unpaired) electrons. The van der Waals surface area contributed by atoms with Crippen LogP contribution in [0, 0.1) is 5.82 Å². The van der Waals surface area contributed by atoms with Crippen LogP contribution in [0.15, 0.2) is 79.0 Å². The molecule has 4 nitrogen and oxygen atoms in total. The first kappa shape index (κ1) is 24.1. The van der Waals surface area contributed by atoms with Gasteiger partial charge in [-0.25, -0.2) is 14.4 Å². The van der Waals surface area contributed by atoms with Crippen molar-refractivity contribution in [2.24, 2.45) is 0 Å². The molecule has 5 heteroatoms. The second kappa shape index (κ2) is 11.0. The Labute approximate surface area is 213 Å². The Bertz CT molecular complexity index is 1320. The Balaban J connectivity index is 1.33. The third-order valence-electron chi connectivity index (χ3n) is 7.05. The van der Waals surface area contributed by atoms with E-state index in [2.05, 4.69) is 65.6 Å². The fraction of sp³-hybridized carbons (Fsp3) is 0.290. The molecule has 0 aliphatic heterocycles. The number of aromatic nitrogens is 2. The van der Waals surface area contributed by atoms with E-state index in [1.165, 1.54) is 24.5 Å². The number of likely N-dealkylation sites (N-methyl/N-ethyl adjacent to an activating group) is 1. The predicted octanol–water partition coefficient (Wildman–Crippen LogP) is 6.99. The van der Waals surface area contributed by atoms with E-state index in [1.54, 1.807) is 6.07 Å². The molecule has 0 bridgehead atoms. The van der Waals surface area contributed by atoms with Gasteiger partial charge < -0.3 is 10.2 Å². The van der Waals surface area contributed by atoms with E-state index in [4.69, 9.17) is 4.98 Å². The van der Waals surface area contributed by atoms with Crippen LogP contribution in [-0.4, -0.2) is 35.0 Å². The topological polar surface area (TPSA) is 41.0 Å². The molecule has 0 amide bonds. The van der Waals surface area contributed by atoms with Gasteiger partial charge in [-0.2, -0.15) is 0 Å². The molecule has 0 saturated carbocycles. The van der Waals surface area contributed by atoms with Crippen LogP contribution in [0.1, 0.15) is 47.9 Å². The highest BCUT2D eigenvalue weighted by molar-refractivity contribution is 5.73. The molecule has 1 aromatic heterocycles. The minimum Gasteiger partial charge on any atom is -0.324 e. The molecule has 1 heterocycles. The monoisotopic (exact) mass is 480 g/mol. The number of hydrogen-bond donors (Lipinski definition) is 1. The Morgan fingerprint density at radius 2 is 1.69 bits per heavy atom. The molecule has 1 aliphatic carbocycles. The number of nitrogens with one attached hydrogen (secondary N) is 1. The van der Waals surface area contributed by atoms with Crippen LogP contribution in [0.2, 0.25) is 0 Å².